The van der Waals surface area contributed by atoms with E-state index in [9.17, 15) is 4.79 Å². The molecule has 3 aromatic rings. The third-order valence-electron chi connectivity index (χ3n) is 3.48. The zero-order valence-corrected chi connectivity index (χ0v) is 12.0. The number of rotatable bonds is 3. The summed E-state index contributed by atoms with van der Waals surface area (Å²) in [6.45, 7) is 0. The summed E-state index contributed by atoms with van der Waals surface area (Å²) in [5, 5.41) is 6.88. The minimum absolute atomic E-state index is 0.230. The van der Waals surface area contributed by atoms with Crippen molar-refractivity contribution in [3.63, 3.8) is 0 Å². The lowest BCUT2D eigenvalue weighted by Gasteiger charge is -1.97. The van der Waals surface area contributed by atoms with Gasteiger partial charge in [0.15, 0.2) is 5.71 Å². The molecule has 0 fully saturated rings. The van der Waals surface area contributed by atoms with Crippen molar-refractivity contribution in [2.24, 2.45) is 5.10 Å². The summed E-state index contributed by atoms with van der Waals surface area (Å²) < 4.78 is 5.34. The Morgan fingerprint density at radius 2 is 1.83 bits per heavy atom. The van der Waals surface area contributed by atoms with Gasteiger partial charge in [-0.25, -0.2) is 5.43 Å². The van der Waals surface area contributed by atoms with E-state index < -0.39 is 0 Å². The molecule has 0 saturated carbocycles. The first-order valence-electron chi connectivity index (χ1n) is 7.07. The Labute approximate surface area is 131 Å². The Hall–Kier alpha value is -3.41. The Kier molecular flexibility index (Phi) is 3.12. The zero-order valence-electron chi connectivity index (χ0n) is 12.0. The van der Waals surface area contributed by atoms with Gasteiger partial charge in [0.1, 0.15) is 12.0 Å². The highest BCUT2D eigenvalue weighted by Gasteiger charge is 2.25. The summed E-state index contributed by atoms with van der Waals surface area (Å²) in [4.78, 5) is 16.3. The van der Waals surface area contributed by atoms with Gasteiger partial charge in [0.2, 0.25) is 0 Å². The van der Waals surface area contributed by atoms with Crippen LogP contribution in [0.5, 0.6) is 0 Å². The predicted molar refractivity (Wildman–Crippen MR) is 87.2 cm³/mol. The van der Waals surface area contributed by atoms with Gasteiger partial charge >= 0.3 is 6.01 Å². The van der Waals surface area contributed by atoms with Gasteiger partial charge in [0.05, 0.1) is 5.69 Å². The van der Waals surface area contributed by atoms with Crippen LogP contribution in [0.2, 0.25) is 0 Å². The van der Waals surface area contributed by atoms with Crippen molar-refractivity contribution in [1.29, 1.82) is 0 Å². The van der Waals surface area contributed by atoms with E-state index in [0.29, 0.717) is 11.4 Å². The molecule has 6 heteroatoms. The van der Waals surface area contributed by atoms with Crippen molar-refractivity contribution in [1.82, 2.24) is 4.98 Å². The number of benzene rings is 2. The number of nitrogens with zero attached hydrogens (tertiary/aromatic N) is 2. The van der Waals surface area contributed by atoms with Crippen molar-refractivity contribution < 1.29 is 9.21 Å². The van der Waals surface area contributed by atoms with Crippen molar-refractivity contribution in [3.05, 3.63) is 66.4 Å². The predicted octanol–water partition coefficient (Wildman–Crippen LogP) is 3.11. The average molecular weight is 304 g/mol. The normalized spacial score (nSPS) is 14.6. The van der Waals surface area contributed by atoms with Crippen LogP contribution in [0.15, 0.2) is 70.4 Å². The monoisotopic (exact) mass is 304 g/mol. The second kappa shape index (κ2) is 5.42. The molecule has 4 rings (SSSR count). The first-order valence-corrected chi connectivity index (χ1v) is 7.07. The van der Waals surface area contributed by atoms with Gasteiger partial charge < -0.3 is 9.73 Å². The minimum Gasteiger partial charge on any atom is -0.430 e. The van der Waals surface area contributed by atoms with Crippen LogP contribution in [-0.2, 0) is 4.79 Å². The highest BCUT2D eigenvalue weighted by Crippen LogP contribution is 2.23. The molecule has 2 aromatic carbocycles. The van der Waals surface area contributed by atoms with E-state index in [1.807, 2.05) is 54.6 Å². The number of oxazole rings is 1. The molecule has 0 spiro atoms. The Balaban J connectivity index is 1.58. The second-order valence-electron chi connectivity index (χ2n) is 4.98. The van der Waals surface area contributed by atoms with Crippen LogP contribution >= 0.6 is 0 Å². The number of carbonyl (C=O) groups is 1. The van der Waals surface area contributed by atoms with E-state index >= 15 is 0 Å². The highest BCUT2D eigenvalue weighted by molar-refractivity contribution is 6.53. The molecule has 2 N–H and O–H groups in total. The Morgan fingerprint density at radius 1 is 1.04 bits per heavy atom. The van der Waals surface area contributed by atoms with Gasteiger partial charge in [0, 0.05) is 11.1 Å². The molecule has 0 saturated heterocycles. The molecular formula is C17H12N4O2. The molecule has 0 bridgehead atoms. The second-order valence-corrected chi connectivity index (χ2v) is 4.98. The summed E-state index contributed by atoms with van der Waals surface area (Å²) in [6.07, 6.45) is 1.54. The van der Waals surface area contributed by atoms with Gasteiger partial charge in [0.25, 0.3) is 5.91 Å². The lowest BCUT2D eigenvalue weighted by Crippen LogP contribution is -2.15. The van der Waals surface area contributed by atoms with Crippen molar-refractivity contribution >= 4 is 23.3 Å². The number of hydrogen-bond donors (Lipinski definition) is 2. The fraction of sp³-hybridized carbons (Fsp3) is 0. The summed E-state index contributed by atoms with van der Waals surface area (Å²) in [5.41, 5.74) is 6.14. The summed E-state index contributed by atoms with van der Waals surface area (Å²) >= 11 is 0. The lowest BCUT2D eigenvalue weighted by molar-refractivity contribution is -0.110. The number of aromatic nitrogens is 1. The SMILES string of the molecule is O=C1Nc2ccccc2/C1=N/Nc1nc(-c2ccccc2)co1. The number of hydrazone groups is 1. The number of fused-ring (bicyclic) bond motifs is 1. The third-order valence-corrected chi connectivity index (χ3v) is 3.48. The quantitative estimate of drug-likeness (QED) is 0.729. The van der Waals surface area contributed by atoms with Crippen LogP contribution in [0.4, 0.5) is 11.7 Å². The number of nitrogens with one attached hydrogen (secondary N) is 2. The molecule has 0 unspecified atom stereocenters. The molecule has 2 heterocycles. The largest absolute Gasteiger partial charge is 0.430 e. The van der Waals surface area contributed by atoms with Gasteiger partial charge in [-0.05, 0) is 6.07 Å². The minimum atomic E-state index is -0.256. The van der Waals surface area contributed by atoms with Crippen LogP contribution in [0.3, 0.4) is 0 Å². The fourth-order valence-corrected chi connectivity index (χ4v) is 2.38. The van der Waals surface area contributed by atoms with Crippen molar-refractivity contribution in [2.75, 3.05) is 10.7 Å². The van der Waals surface area contributed by atoms with E-state index in [2.05, 4.69) is 20.8 Å². The van der Waals surface area contributed by atoms with Crippen LogP contribution < -0.4 is 10.7 Å². The van der Waals surface area contributed by atoms with E-state index in [1.54, 1.807) is 6.26 Å². The summed E-state index contributed by atoms with van der Waals surface area (Å²) in [6, 6.07) is 17.3. The maximum absolute atomic E-state index is 11.9. The Morgan fingerprint density at radius 3 is 2.70 bits per heavy atom. The molecule has 1 aliphatic heterocycles. The van der Waals surface area contributed by atoms with E-state index in [1.165, 1.54) is 0 Å². The molecule has 0 radical (unpaired) electrons. The maximum atomic E-state index is 11.9. The van der Waals surface area contributed by atoms with Crippen LogP contribution in [0.1, 0.15) is 5.56 Å². The molecule has 23 heavy (non-hydrogen) atoms. The number of hydrogen-bond acceptors (Lipinski definition) is 5. The van der Waals surface area contributed by atoms with Crippen LogP contribution in [0, 0.1) is 0 Å². The van der Waals surface area contributed by atoms with Crippen LogP contribution in [-0.4, -0.2) is 16.6 Å². The molecule has 1 amide bonds. The number of amides is 1. The van der Waals surface area contributed by atoms with Gasteiger partial charge in [-0.3, -0.25) is 4.79 Å². The van der Waals surface area contributed by atoms with Gasteiger partial charge in [-0.1, -0.05) is 48.5 Å². The van der Waals surface area contributed by atoms with Crippen molar-refractivity contribution in [3.8, 4) is 11.3 Å². The number of para-hydroxylation sites is 1. The Bertz CT molecular complexity index is 900. The van der Waals surface area contributed by atoms with E-state index in [-0.39, 0.29) is 11.9 Å². The number of anilines is 2. The van der Waals surface area contributed by atoms with Gasteiger partial charge in [-0.2, -0.15) is 10.1 Å². The van der Waals surface area contributed by atoms with Gasteiger partial charge in [-0.15, -0.1) is 0 Å². The molecule has 1 aliphatic rings. The van der Waals surface area contributed by atoms with Crippen molar-refractivity contribution in [2.45, 2.75) is 0 Å². The lowest BCUT2D eigenvalue weighted by atomic mass is 10.1. The highest BCUT2D eigenvalue weighted by atomic mass is 16.4. The average Bonchev–Trinajstić information content (AvgIpc) is 3.18. The third kappa shape index (κ3) is 2.46. The van der Waals surface area contributed by atoms with E-state index in [0.717, 1.165) is 16.8 Å². The molecule has 6 nitrogen and oxygen atoms in total. The molecule has 0 aliphatic carbocycles. The molecule has 112 valence electrons. The number of carbonyl (C=O) groups excluding carboxylic acids is 1. The summed E-state index contributed by atoms with van der Waals surface area (Å²) in [7, 11) is 0. The zero-order chi connectivity index (χ0) is 15.6. The molecule has 0 atom stereocenters. The summed E-state index contributed by atoms with van der Waals surface area (Å²) in [5.74, 6) is -0.256. The first-order chi connectivity index (χ1) is 11.3. The smallest absolute Gasteiger partial charge is 0.316 e. The molecular weight excluding hydrogens is 292 g/mol. The van der Waals surface area contributed by atoms with E-state index in [4.69, 9.17) is 4.42 Å². The standard InChI is InChI=1S/C17H12N4O2/c22-16-15(12-8-4-5-9-13(12)18-16)20-21-17-19-14(10-23-17)11-6-2-1-3-7-11/h1-10H,(H,19,21)(H,18,20,22). The van der Waals surface area contributed by atoms with Crippen LogP contribution in [0.25, 0.3) is 11.3 Å². The topological polar surface area (TPSA) is 79.5 Å². The fourth-order valence-electron chi connectivity index (χ4n) is 2.38. The molecule has 1 aromatic heterocycles. The first kappa shape index (κ1) is 13.3. The maximum Gasteiger partial charge on any atom is 0.316 e.